The summed E-state index contributed by atoms with van der Waals surface area (Å²) in [5, 5.41) is 8.94. The molecule has 0 aliphatic carbocycles. The fraction of sp³-hybridized carbons (Fsp3) is 0.417. The van der Waals surface area contributed by atoms with Crippen LogP contribution in [0.3, 0.4) is 0 Å². The van der Waals surface area contributed by atoms with Crippen LogP contribution in [0, 0.1) is 0 Å². The van der Waals surface area contributed by atoms with Gasteiger partial charge in [0.25, 0.3) is 0 Å². The van der Waals surface area contributed by atoms with E-state index in [1.807, 2.05) is 17.0 Å². The largest absolute Gasteiger partial charge is 0.480 e. The van der Waals surface area contributed by atoms with Crippen LogP contribution in [0.25, 0.3) is 0 Å². The lowest BCUT2D eigenvalue weighted by Gasteiger charge is -2.31. The van der Waals surface area contributed by atoms with E-state index < -0.39 is 12.0 Å². The summed E-state index contributed by atoms with van der Waals surface area (Å²) in [7, 11) is 0. The number of rotatable bonds is 2. The molecule has 5 heteroatoms. The third-order valence-corrected chi connectivity index (χ3v) is 3.07. The fourth-order valence-electron chi connectivity index (χ4n) is 2.00. The quantitative estimate of drug-likeness (QED) is 0.865. The van der Waals surface area contributed by atoms with Crippen LogP contribution in [0.4, 0.5) is 0 Å². The van der Waals surface area contributed by atoms with Gasteiger partial charge in [-0.1, -0.05) is 24.3 Å². The van der Waals surface area contributed by atoms with Crippen LogP contribution in [-0.4, -0.2) is 34.0 Å². The van der Waals surface area contributed by atoms with Gasteiger partial charge in [-0.3, -0.25) is 9.69 Å². The van der Waals surface area contributed by atoms with Crippen molar-refractivity contribution in [3.8, 4) is 0 Å². The molecule has 0 radical (unpaired) electrons. The van der Waals surface area contributed by atoms with Crippen molar-refractivity contribution in [3.63, 3.8) is 0 Å². The maximum atomic E-state index is 10.9. The maximum absolute atomic E-state index is 10.9. The van der Waals surface area contributed by atoms with Crippen molar-refractivity contribution in [2.45, 2.75) is 25.9 Å². The topological polar surface area (TPSA) is 72.0 Å². The summed E-state index contributed by atoms with van der Waals surface area (Å²) < 4.78 is 0. The number of benzene rings is 1. The molecule has 0 fully saturated rings. The van der Waals surface area contributed by atoms with Crippen LogP contribution in [0.1, 0.15) is 18.1 Å². The average molecular weight is 260 g/mol. The number of hydrogen-bond donors (Lipinski definition) is 1. The first-order valence-electron chi connectivity index (χ1n) is 5.22. The molecule has 1 aromatic carbocycles. The Labute approximate surface area is 107 Å². The van der Waals surface area contributed by atoms with Crippen LogP contribution >= 0.6 is 12.4 Å². The van der Waals surface area contributed by atoms with E-state index in [1.54, 1.807) is 6.92 Å². The molecular formula is C12H18ClNO3. The Hall–Kier alpha value is -1.10. The molecule has 0 spiro atoms. The number of hydrogen-bond acceptors (Lipinski definition) is 2. The predicted octanol–water partition coefficient (Wildman–Crippen LogP) is 1.11. The van der Waals surface area contributed by atoms with Gasteiger partial charge in [0.05, 0.1) is 0 Å². The van der Waals surface area contributed by atoms with Gasteiger partial charge >= 0.3 is 5.97 Å². The second kappa shape index (κ2) is 6.59. The first kappa shape index (κ1) is 15.9. The van der Waals surface area contributed by atoms with Gasteiger partial charge in [-0.15, -0.1) is 12.4 Å². The molecule has 4 nitrogen and oxygen atoms in total. The molecule has 0 bridgehead atoms. The van der Waals surface area contributed by atoms with E-state index >= 15 is 0 Å². The Bertz CT molecular complexity index is 384. The van der Waals surface area contributed by atoms with E-state index in [4.69, 9.17) is 5.11 Å². The number of fused-ring (bicyclic) bond motifs is 1. The molecule has 0 amide bonds. The van der Waals surface area contributed by atoms with E-state index in [1.165, 1.54) is 11.1 Å². The summed E-state index contributed by atoms with van der Waals surface area (Å²) >= 11 is 0. The maximum Gasteiger partial charge on any atom is 0.320 e. The molecule has 1 aromatic rings. The lowest BCUT2D eigenvalue weighted by Crippen LogP contribution is -2.42. The second-order valence-electron chi connectivity index (χ2n) is 4.00. The predicted molar refractivity (Wildman–Crippen MR) is 68.5 cm³/mol. The molecule has 1 aliphatic heterocycles. The van der Waals surface area contributed by atoms with Gasteiger partial charge in [0, 0.05) is 13.1 Å². The van der Waals surface area contributed by atoms with E-state index in [0.717, 1.165) is 19.5 Å². The normalized spacial score (nSPS) is 16.1. The smallest absolute Gasteiger partial charge is 0.320 e. The summed E-state index contributed by atoms with van der Waals surface area (Å²) in [5.41, 5.74) is 2.61. The molecule has 1 aliphatic rings. The van der Waals surface area contributed by atoms with Crippen molar-refractivity contribution in [1.82, 2.24) is 4.90 Å². The highest BCUT2D eigenvalue weighted by Gasteiger charge is 2.24. The first-order chi connectivity index (χ1) is 7.18. The number of carboxylic acid groups (broad SMARTS) is 1. The number of aliphatic carboxylic acids is 1. The third-order valence-electron chi connectivity index (χ3n) is 3.07. The summed E-state index contributed by atoms with van der Waals surface area (Å²) in [5.74, 6) is -0.741. The molecule has 17 heavy (non-hydrogen) atoms. The van der Waals surface area contributed by atoms with Crippen LogP contribution in [-0.2, 0) is 17.8 Å². The zero-order valence-corrected chi connectivity index (χ0v) is 10.5. The second-order valence-corrected chi connectivity index (χ2v) is 4.00. The van der Waals surface area contributed by atoms with Crippen molar-refractivity contribution in [1.29, 1.82) is 0 Å². The number of nitrogens with zero attached hydrogens (tertiary/aromatic N) is 1. The summed E-state index contributed by atoms with van der Waals surface area (Å²) in [6.07, 6.45) is 0.952. The fourth-order valence-corrected chi connectivity index (χ4v) is 2.00. The van der Waals surface area contributed by atoms with Gasteiger partial charge in [-0.2, -0.15) is 0 Å². The molecule has 3 N–H and O–H groups in total. The summed E-state index contributed by atoms with van der Waals surface area (Å²) in [6.45, 7) is 3.34. The highest BCUT2D eigenvalue weighted by molar-refractivity contribution is 5.85. The molecular weight excluding hydrogens is 242 g/mol. The van der Waals surface area contributed by atoms with Gasteiger partial charge in [-0.25, -0.2) is 0 Å². The monoisotopic (exact) mass is 259 g/mol. The van der Waals surface area contributed by atoms with E-state index in [-0.39, 0.29) is 17.9 Å². The van der Waals surface area contributed by atoms with Crippen molar-refractivity contribution < 1.29 is 15.4 Å². The molecule has 1 heterocycles. The molecule has 0 saturated carbocycles. The van der Waals surface area contributed by atoms with E-state index in [2.05, 4.69) is 12.1 Å². The lowest BCUT2D eigenvalue weighted by molar-refractivity contribution is -0.143. The van der Waals surface area contributed by atoms with Gasteiger partial charge in [0.15, 0.2) is 0 Å². The van der Waals surface area contributed by atoms with Crippen molar-refractivity contribution in [3.05, 3.63) is 35.4 Å². The van der Waals surface area contributed by atoms with Crippen molar-refractivity contribution in [2.75, 3.05) is 6.54 Å². The summed E-state index contributed by atoms with van der Waals surface area (Å²) in [6, 6.07) is 7.86. The Kier molecular flexibility index (Phi) is 6.16. The average Bonchev–Trinajstić information content (AvgIpc) is 2.27. The first-order valence-corrected chi connectivity index (χ1v) is 5.22. The van der Waals surface area contributed by atoms with Crippen LogP contribution in [0.2, 0.25) is 0 Å². The molecule has 0 saturated heterocycles. The van der Waals surface area contributed by atoms with Crippen LogP contribution in [0.5, 0.6) is 0 Å². The van der Waals surface area contributed by atoms with Crippen molar-refractivity contribution >= 4 is 18.4 Å². The Morgan fingerprint density at radius 3 is 2.53 bits per heavy atom. The van der Waals surface area contributed by atoms with Crippen molar-refractivity contribution in [2.24, 2.45) is 0 Å². The van der Waals surface area contributed by atoms with Gasteiger partial charge in [-0.05, 0) is 24.5 Å². The molecule has 0 aromatic heterocycles. The highest BCUT2D eigenvalue weighted by atomic mass is 35.5. The standard InChI is InChI=1S/C12H15NO2.ClH.H2O/c1-9(12(14)15)13-7-6-10-4-2-3-5-11(10)8-13;;/h2-5,9H,6-8H2,1H3,(H,14,15);1H;1H2. The van der Waals surface area contributed by atoms with Gasteiger partial charge in [0.2, 0.25) is 0 Å². The van der Waals surface area contributed by atoms with Crippen LogP contribution < -0.4 is 0 Å². The zero-order chi connectivity index (χ0) is 10.8. The Morgan fingerprint density at radius 2 is 1.94 bits per heavy atom. The number of carboxylic acids is 1. The Morgan fingerprint density at radius 1 is 1.35 bits per heavy atom. The summed E-state index contributed by atoms with van der Waals surface area (Å²) in [4.78, 5) is 12.9. The van der Waals surface area contributed by atoms with E-state index in [9.17, 15) is 4.79 Å². The van der Waals surface area contributed by atoms with E-state index in [0.29, 0.717) is 0 Å². The minimum Gasteiger partial charge on any atom is -0.480 e. The number of carbonyl (C=O) groups is 1. The SMILES string of the molecule is CC(C(=O)O)N1CCc2ccccc2C1.Cl.O. The Balaban J connectivity index is 0.00000128. The van der Waals surface area contributed by atoms with Gasteiger partial charge in [0.1, 0.15) is 6.04 Å². The molecule has 1 atom stereocenters. The zero-order valence-electron chi connectivity index (χ0n) is 9.72. The molecule has 96 valence electrons. The minimum absolute atomic E-state index is 0. The third kappa shape index (κ3) is 3.43. The highest BCUT2D eigenvalue weighted by Crippen LogP contribution is 2.19. The lowest BCUT2D eigenvalue weighted by atomic mass is 9.99. The van der Waals surface area contributed by atoms with Crippen LogP contribution in [0.15, 0.2) is 24.3 Å². The number of halogens is 1. The molecule has 1 unspecified atom stereocenters. The van der Waals surface area contributed by atoms with Gasteiger partial charge < -0.3 is 10.6 Å². The molecule has 2 rings (SSSR count). The minimum atomic E-state index is -0.741.